The molecule has 0 saturated heterocycles. The molecule has 0 aromatic rings. The van der Waals surface area contributed by atoms with Crippen molar-refractivity contribution in [1.82, 2.24) is 0 Å². The van der Waals surface area contributed by atoms with Crippen molar-refractivity contribution >= 4 is 11.9 Å². The first-order chi connectivity index (χ1) is 4.72. The highest BCUT2D eigenvalue weighted by Crippen LogP contribution is 2.35. The van der Waals surface area contributed by atoms with E-state index in [-0.39, 0.29) is 11.3 Å². The number of carbonyl (C=O) groups excluding carboxylic acids is 2. The molecule has 0 aromatic carbocycles. The summed E-state index contributed by atoms with van der Waals surface area (Å²) in [6, 6.07) is 0. The van der Waals surface area contributed by atoms with Crippen LogP contribution in [0.15, 0.2) is 4.99 Å². The number of ketones is 1. The lowest BCUT2D eigenvalue weighted by Crippen LogP contribution is -2.41. The number of Topliss-reactive ketones (excluding diaryl/α,β-unsaturated/α-hetero) is 1. The van der Waals surface area contributed by atoms with E-state index in [1.54, 1.807) is 0 Å². The molecule has 1 aliphatic rings. The van der Waals surface area contributed by atoms with Gasteiger partial charge in [0.05, 0.1) is 5.54 Å². The van der Waals surface area contributed by atoms with Crippen LogP contribution in [0, 0.1) is 0 Å². The van der Waals surface area contributed by atoms with E-state index in [9.17, 15) is 9.59 Å². The molecule has 54 valence electrons. The minimum Gasteiger partial charge on any atom is -0.300 e. The summed E-state index contributed by atoms with van der Waals surface area (Å²) < 4.78 is 0. The van der Waals surface area contributed by atoms with Crippen LogP contribution in [0.3, 0.4) is 0 Å². The fourth-order valence-corrected chi connectivity index (χ4v) is 1.19. The van der Waals surface area contributed by atoms with E-state index in [0.29, 0.717) is 12.8 Å². The van der Waals surface area contributed by atoms with Crippen LogP contribution in [0.2, 0.25) is 0 Å². The smallest absolute Gasteiger partial charge is 0.235 e. The molecule has 0 spiro atoms. The third-order valence-corrected chi connectivity index (χ3v) is 1.99. The maximum atomic E-state index is 10.6. The minimum atomic E-state index is -0.362. The Balaban J connectivity index is 2.64. The predicted octanol–water partition coefficient (Wildman–Crippen LogP) is 0.834. The number of aliphatic imine (C=N–C) groups is 1. The highest BCUT2D eigenvalue weighted by atomic mass is 16.1. The lowest BCUT2D eigenvalue weighted by atomic mass is 9.74. The first-order valence-corrected chi connectivity index (χ1v) is 3.33. The SMILES string of the molecule is CCC1(N=C=O)CC(=O)C1. The van der Waals surface area contributed by atoms with Crippen LogP contribution in [-0.4, -0.2) is 17.4 Å². The molecule has 3 heteroatoms. The summed E-state index contributed by atoms with van der Waals surface area (Å²) >= 11 is 0. The van der Waals surface area contributed by atoms with Crippen molar-refractivity contribution in [3.8, 4) is 0 Å². The van der Waals surface area contributed by atoms with E-state index in [4.69, 9.17) is 0 Å². The monoisotopic (exact) mass is 139 g/mol. The molecule has 1 fully saturated rings. The molecule has 3 nitrogen and oxygen atoms in total. The maximum absolute atomic E-state index is 10.6. The Kier molecular flexibility index (Phi) is 1.68. The molecular weight excluding hydrogens is 130 g/mol. The van der Waals surface area contributed by atoms with Crippen LogP contribution in [0.25, 0.3) is 0 Å². The summed E-state index contributed by atoms with van der Waals surface area (Å²) in [5.74, 6) is 0.195. The molecule has 0 amide bonds. The molecule has 0 bridgehead atoms. The van der Waals surface area contributed by atoms with E-state index >= 15 is 0 Å². The van der Waals surface area contributed by atoms with Gasteiger partial charge in [-0.1, -0.05) is 6.92 Å². The van der Waals surface area contributed by atoms with Crippen molar-refractivity contribution in [2.24, 2.45) is 4.99 Å². The Morgan fingerprint density at radius 3 is 2.60 bits per heavy atom. The van der Waals surface area contributed by atoms with E-state index in [2.05, 4.69) is 4.99 Å². The molecule has 0 heterocycles. The van der Waals surface area contributed by atoms with Crippen molar-refractivity contribution in [2.45, 2.75) is 31.7 Å². The zero-order valence-electron chi connectivity index (χ0n) is 5.89. The highest BCUT2D eigenvalue weighted by Gasteiger charge is 2.41. The lowest BCUT2D eigenvalue weighted by molar-refractivity contribution is -0.127. The zero-order chi connectivity index (χ0) is 7.61. The van der Waals surface area contributed by atoms with Gasteiger partial charge in [-0.15, -0.1) is 0 Å². The van der Waals surface area contributed by atoms with Gasteiger partial charge in [0.25, 0.3) is 0 Å². The van der Waals surface area contributed by atoms with Crippen LogP contribution in [-0.2, 0) is 9.59 Å². The van der Waals surface area contributed by atoms with Gasteiger partial charge < -0.3 is 0 Å². The molecule has 1 rings (SSSR count). The third kappa shape index (κ3) is 1.00. The molecular formula is C7H9NO2. The summed E-state index contributed by atoms with van der Waals surface area (Å²) in [5, 5.41) is 0. The Morgan fingerprint density at radius 1 is 1.70 bits per heavy atom. The van der Waals surface area contributed by atoms with E-state index in [0.717, 1.165) is 6.42 Å². The van der Waals surface area contributed by atoms with Crippen LogP contribution in [0.1, 0.15) is 26.2 Å². The van der Waals surface area contributed by atoms with Gasteiger partial charge in [0.1, 0.15) is 5.78 Å². The van der Waals surface area contributed by atoms with Gasteiger partial charge in [-0.05, 0) is 6.42 Å². The average molecular weight is 139 g/mol. The van der Waals surface area contributed by atoms with Gasteiger partial charge in [0.2, 0.25) is 6.08 Å². The summed E-state index contributed by atoms with van der Waals surface area (Å²) in [6.45, 7) is 1.92. The molecule has 0 unspecified atom stereocenters. The van der Waals surface area contributed by atoms with E-state index < -0.39 is 0 Å². The van der Waals surface area contributed by atoms with Crippen molar-refractivity contribution in [2.75, 3.05) is 0 Å². The first-order valence-electron chi connectivity index (χ1n) is 3.33. The Labute approximate surface area is 59.1 Å². The second-order valence-electron chi connectivity index (χ2n) is 2.67. The van der Waals surface area contributed by atoms with Crippen molar-refractivity contribution in [1.29, 1.82) is 0 Å². The number of isocyanates is 1. The standard InChI is InChI=1S/C7H9NO2/c1-2-7(8-5-9)3-6(10)4-7/h2-4H2,1H3. The summed E-state index contributed by atoms with van der Waals surface area (Å²) in [7, 11) is 0. The van der Waals surface area contributed by atoms with Crippen molar-refractivity contribution in [3.63, 3.8) is 0 Å². The third-order valence-electron chi connectivity index (χ3n) is 1.99. The molecule has 0 aliphatic heterocycles. The number of nitrogens with zero attached hydrogens (tertiary/aromatic N) is 1. The molecule has 1 aliphatic carbocycles. The van der Waals surface area contributed by atoms with Crippen molar-refractivity contribution < 1.29 is 9.59 Å². The number of carbonyl (C=O) groups is 1. The Morgan fingerprint density at radius 2 is 2.30 bits per heavy atom. The molecule has 0 N–H and O–H groups in total. The predicted molar refractivity (Wildman–Crippen MR) is 35.4 cm³/mol. The van der Waals surface area contributed by atoms with E-state index in [1.165, 1.54) is 6.08 Å². The molecule has 0 radical (unpaired) electrons. The van der Waals surface area contributed by atoms with Gasteiger partial charge in [0, 0.05) is 12.8 Å². The average Bonchev–Trinajstić information content (AvgIpc) is 1.84. The number of hydrogen-bond donors (Lipinski definition) is 0. The minimum absolute atomic E-state index is 0.195. The fourth-order valence-electron chi connectivity index (χ4n) is 1.19. The summed E-state index contributed by atoms with van der Waals surface area (Å²) in [4.78, 5) is 24.0. The largest absolute Gasteiger partial charge is 0.300 e. The number of rotatable bonds is 2. The van der Waals surface area contributed by atoms with Gasteiger partial charge in [-0.3, -0.25) is 4.79 Å². The van der Waals surface area contributed by atoms with Gasteiger partial charge in [-0.25, -0.2) is 4.79 Å². The Hall–Kier alpha value is -0.950. The topological polar surface area (TPSA) is 46.5 Å². The van der Waals surface area contributed by atoms with Crippen LogP contribution in [0.5, 0.6) is 0 Å². The van der Waals surface area contributed by atoms with Gasteiger partial charge in [-0.2, -0.15) is 4.99 Å². The van der Waals surface area contributed by atoms with Gasteiger partial charge >= 0.3 is 0 Å². The second kappa shape index (κ2) is 2.35. The summed E-state index contributed by atoms with van der Waals surface area (Å²) in [6.07, 6.45) is 3.12. The van der Waals surface area contributed by atoms with Gasteiger partial charge in [0.15, 0.2) is 0 Å². The van der Waals surface area contributed by atoms with Crippen LogP contribution in [0.4, 0.5) is 0 Å². The Bertz CT molecular complexity index is 196. The highest BCUT2D eigenvalue weighted by molar-refractivity contribution is 5.88. The van der Waals surface area contributed by atoms with Crippen LogP contribution < -0.4 is 0 Å². The quantitative estimate of drug-likeness (QED) is 0.420. The molecule has 0 aromatic heterocycles. The maximum Gasteiger partial charge on any atom is 0.235 e. The lowest BCUT2D eigenvalue weighted by Gasteiger charge is -2.33. The second-order valence-corrected chi connectivity index (χ2v) is 2.67. The fraction of sp³-hybridized carbons (Fsp3) is 0.714. The van der Waals surface area contributed by atoms with E-state index in [1.807, 2.05) is 6.92 Å². The number of hydrogen-bond acceptors (Lipinski definition) is 3. The molecule has 0 atom stereocenters. The van der Waals surface area contributed by atoms with Crippen molar-refractivity contribution in [3.05, 3.63) is 0 Å². The normalized spacial score (nSPS) is 21.1. The first kappa shape index (κ1) is 7.16. The molecule has 10 heavy (non-hydrogen) atoms. The summed E-state index contributed by atoms with van der Waals surface area (Å²) in [5.41, 5.74) is -0.362. The molecule has 1 saturated carbocycles. The zero-order valence-corrected chi connectivity index (χ0v) is 5.89. The van der Waals surface area contributed by atoms with Crippen LogP contribution >= 0.6 is 0 Å².